The van der Waals surface area contributed by atoms with Gasteiger partial charge in [0.05, 0.1) is 36.3 Å². The van der Waals surface area contributed by atoms with Gasteiger partial charge in [-0.2, -0.15) is 0 Å². The number of halogens is 1. The molecule has 14 heteroatoms. The topological polar surface area (TPSA) is 152 Å². The quantitative estimate of drug-likeness (QED) is 0.0829. The number of aromatic nitrogens is 1. The second kappa shape index (κ2) is 12.3. The highest BCUT2D eigenvalue weighted by Gasteiger charge is 2.36. The van der Waals surface area contributed by atoms with Gasteiger partial charge < -0.3 is 5.32 Å². The van der Waals surface area contributed by atoms with Gasteiger partial charge in [0.15, 0.2) is 4.34 Å². The van der Waals surface area contributed by atoms with E-state index in [1.807, 2.05) is 0 Å². The van der Waals surface area contributed by atoms with E-state index in [0.717, 1.165) is 21.4 Å². The van der Waals surface area contributed by atoms with Crippen LogP contribution < -0.4 is 15.5 Å². The van der Waals surface area contributed by atoms with E-state index < -0.39 is 22.8 Å². The summed E-state index contributed by atoms with van der Waals surface area (Å²) in [7, 11) is 0. The summed E-state index contributed by atoms with van der Waals surface area (Å²) < 4.78 is 1.27. The number of para-hydroxylation sites is 1. The smallest absolute Gasteiger partial charge is 0.322 e. The Labute approximate surface area is 267 Å². The number of anilines is 2. The molecule has 0 radical (unpaired) electrons. The minimum Gasteiger partial charge on any atom is -0.322 e. The van der Waals surface area contributed by atoms with Crippen LogP contribution in [-0.4, -0.2) is 33.7 Å². The van der Waals surface area contributed by atoms with E-state index in [9.17, 15) is 29.3 Å². The number of nitro groups is 1. The van der Waals surface area contributed by atoms with Gasteiger partial charge in [-0.15, -0.1) is 11.3 Å². The number of nitro benzene ring substituents is 1. The number of rotatable bonds is 7. The number of hydrogen-bond donors (Lipinski definition) is 2. The molecule has 2 N–H and O–H groups in total. The fraction of sp³-hybridized carbons (Fsp3) is 0. The Morgan fingerprint density at radius 3 is 2.51 bits per heavy atom. The zero-order valence-corrected chi connectivity index (χ0v) is 25.1. The van der Waals surface area contributed by atoms with Gasteiger partial charge in [0.1, 0.15) is 5.57 Å². The van der Waals surface area contributed by atoms with E-state index in [0.29, 0.717) is 26.1 Å². The summed E-state index contributed by atoms with van der Waals surface area (Å²) in [5, 5.41) is 17.3. The number of urea groups is 1. The lowest BCUT2D eigenvalue weighted by Crippen LogP contribution is -2.54. The Balaban J connectivity index is 1.24. The molecule has 11 nitrogen and oxygen atoms in total. The van der Waals surface area contributed by atoms with E-state index in [1.165, 1.54) is 35.6 Å². The van der Waals surface area contributed by atoms with Gasteiger partial charge in [-0.25, -0.2) is 14.7 Å². The van der Waals surface area contributed by atoms with Crippen LogP contribution in [0, 0.1) is 10.1 Å². The number of thiazole rings is 1. The summed E-state index contributed by atoms with van der Waals surface area (Å²) in [6.45, 7) is 0. The van der Waals surface area contributed by atoms with Gasteiger partial charge in [0.2, 0.25) is 0 Å². The van der Waals surface area contributed by atoms with Crippen molar-refractivity contribution in [2.45, 2.75) is 9.24 Å². The van der Waals surface area contributed by atoms with E-state index in [4.69, 9.17) is 11.6 Å². The molecule has 5 aromatic rings. The van der Waals surface area contributed by atoms with Gasteiger partial charge in [0.25, 0.3) is 23.4 Å². The number of nitrogens with one attached hydrogen (secondary N) is 2. The molecule has 0 unspecified atom stereocenters. The summed E-state index contributed by atoms with van der Waals surface area (Å²) in [5.41, 5.74) is 1.38. The molecule has 1 saturated heterocycles. The molecule has 1 aromatic heterocycles. The van der Waals surface area contributed by atoms with Gasteiger partial charge in [-0.3, -0.25) is 29.8 Å². The van der Waals surface area contributed by atoms with Gasteiger partial charge >= 0.3 is 6.03 Å². The van der Waals surface area contributed by atoms with Crippen molar-refractivity contribution in [3.63, 3.8) is 0 Å². The summed E-state index contributed by atoms with van der Waals surface area (Å²) in [4.78, 5) is 67.9. The maximum Gasteiger partial charge on any atom is 0.335 e. The Morgan fingerprint density at radius 2 is 1.76 bits per heavy atom. The van der Waals surface area contributed by atoms with Crippen LogP contribution in [-0.2, 0) is 9.59 Å². The maximum atomic E-state index is 13.1. The molecule has 1 aliphatic heterocycles. The molecule has 0 bridgehead atoms. The number of carbonyl (C=O) groups excluding carboxylic acids is 4. The number of hydrogen-bond acceptors (Lipinski definition) is 9. The second-order valence-corrected chi connectivity index (χ2v) is 12.2. The first kappa shape index (κ1) is 29.7. The van der Waals surface area contributed by atoms with Crippen LogP contribution in [0.1, 0.15) is 15.9 Å². The zero-order chi connectivity index (χ0) is 31.7. The molecule has 1 aliphatic rings. The fourth-order valence-corrected chi connectivity index (χ4v) is 6.82. The average Bonchev–Trinajstić information content (AvgIpc) is 3.42. The Bertz CT molecular complexity index is 2080. The van der Waals surface area contributed by atoms with Gasteiger partial charge in [-0.05, 0) is 60.2 Å². The summed E-state index contributed by atoms with van der Waals surface area (Å²) in [6, 6.07) is 23.3. The molecule has 6 rings (SSSR count). The van der Waals surface area contributed by atoms with Crippen LogP contribution in [0.5, 0.6) is 0 Å². The second-order valence-electron chi connectivity index (χ2n) is 9.48. The number of fused-ring (bicyclic) bond motifs is 1. The van der Waals surface area contributed by atoms with E-state index >= 15 is 0 Å². The van der Waals surface area contributed by atoms with Crippen molar-refractivity contribution in [1.82, 2.24) is 10.3 Å². The highest BCUT2D eigenvalue weighted by atomic mass is 35.5. The molecule has 4 aromatic carbocycles. The first-order valence-corrected chi connectivity index (χ1v) is 15.1. The van der Waals surface area contributed by atoms with Crippen molar-refractivity contribution < 1.29 is 24.1 Å². The Morgan fingerprint density at radius 1 is 1.00 bits per heavy atom. The molecule has 222 valence electrons. The van der Waals surface area contributed by atoms with Crippen LogP contribution in [0.3, 0.4) is 0 Å². The van der Waals surface area contributed by atoms with Gasteiger partial charge in [0, 0.05) is 11.8 Å². The van der Waals surface area contributed by atoms with Gasteiger partial charge in [-0.1, -0.05) is 59.8 Å². The lowest BCUT2D eigenvalue weighted by Gasteiger charge is -2.26. The number of carbonyl (C=O) groups is 4. The highest BCUT2D eigenvalue weighted by Crippen LogP contribution is 2.40. The first-order chi connectivity index (χ1) is 21.7. The Kier molecular flexibility index (Phi) is 8.13. The fourth-order valence-electron chi connectivity index (χ4n) is 4.45. The summed E-state index contributed by atoms with van der Waals surface area (Å²) in [6.07, 6.45) is 1.21. The van der Waals surface area contributed by atoms with E-state index in [2.05, 4.69) is 15.6 Å². The van der Waals surface area contributed by atoms with Crippen LogP contribution in [0.15, 0.2) is 106 Å². The third kappa shape index (κ3) is 6.17. The first-order valence-electron chi connectivity index (χ1n) is 13.1. The zero-order valence-electron chi connectivity index (χ0n) is 22.7. The van der Waals surface area contributed by atoms with Crippen molar-refractivity contribution in [1.29, 1.82) is 0 Å². The SMILES string of the molecule is O=C1NC(=O)N(c2ccccc2)C(=O)/C1=C/c1ccc(Sc2nc3ccc(NC(=O)c4ccccc4Cl)cc3s2)c([N+](=O)[O-])c1. The lowest BCUT2D eigenvalue weighted by atomic mass is 10.1. The van der Waals surface area contributed by atoms with Crippen LogP contribution >= 0.6 is 34.7 Å². The molecular weight excluding hydrogens is 638 g/mol. The molecule has 5 amide bonds. The molecule has 0 saturated carbocycles. The van der Waals surface area contributed by atoms with Crippen molar-refractivity contribution in [3.05, 3.63) is 123 Å². The molecule has 0 aliphatic carbocycles. The number of imide groups is 2. The lowest BCUT2D eigenvalue weighted by molar-refractivity contribution is -0.387. The molecule has 45 heavy (non-hydrogen) atoms. The number of barbiturate groups is 1. The molecule has 2 heterocycles. The van der Waals surface area contributed by atoms with E-state index in [-0.39, 0.29) is 33.3 Å². The average molecular weight is 656 g/mol. The molecule has 1 fully saturated rings. The van der Waals surface area contributed by atoms with Crippen LogP contribution in [0.25, 0.3) is 16.3 Å². The maximum absolute atomic E-state index is 13.1. The predicted octanol–water partition coefficient (Wildman–Crippen LogP) is 6.93. The third-order valence-corrected chi connectivity index (χ3v) is 9.02. The number of nitrogens with zero attached hydrogens (tertiary/aromatic N) is 3. The standard InChI is InChI=1S/C31H18ClN5O6S2/c32-22-9-5-4-8-20(22)27(38)33-18-11-12-23-26(16-18)45-31(34-23)44-25-13-10-17(15-24(25)37(42)43)14-21-28(39)35-30(41)36(29(21)40)19-6-2-1-3-7-19/h1-16H,(H,33,38)(H,35,39,41)/b21-14+. The minimum atomic E-state index is -0.907. The largest absolute Gasteiger partial charge is 0.335 e. The molecule has 0 spiro atoms. The Hall–Kier alpha value is -5.37. The predicted molar refractivity (Wildman–Crippen MR) is 172 cm³/mol. The summed E-state index contributed by atoms with van der Waals surface area (Å²) in [5.74, 6) is -2.13. The van der Waals surface area contributed by atoms with Crippen molar-refractivity contribution in [2.75, 3.05) is 10.2 Å². The summed E-state index contributed by atoms with van der Waals surface area (Å²) >= 11 is 8.50. The third-order valence-electron chi connectivity index (χ3n) is 6.55. The highest BCUT2D eigenvalue weighted by molar-refractivity contribution is 8.01. The molecular formula is C31H18ClN5O6S2. The normalized spacial score (nSPS) is 14.1. The van der Waals surface area contributed by atoms with Crippen molar-refractivity contribution in [2.24, 2.45) is 0 Å². The van der Waals surface area contributed by atoms with Crippen molar-refractivity contribution >= 4 is 91.8 Å². The van der Waals surface area contributed by atoms with Crippen molar-refractivity contribution in [3.8, 4) is 0 Å². The molecule has 0 atom stereocenters. The van der Waals surface area contributed by atoms with Crippen LogP contribution in [0.2, 0.25) is 5.02 Å². The minimum absolute atomic E-state index is 0.218. The number of benzene rings is 4. The monoisotopic (exact) mass is 655 g/mol. The van der Waals surface area contributed by atoms with Crippen LogP contribution in [0.4, 0.5) is 21.9 Å². The number of amides is 5. The van der Waals surface area contributed by atoms with E-state index in [1.54, 1.807) is 72.8 Å².